The fraction of sp³-hybridized carbons (Fsp3) is 0.0588. The molecule has 4 nitrogen and oxygen atoms in total. The zero-order chi connectivity index (χ0) is 15.5. The molecule has 0 aliphatic carbocycles. The number of hydrogen-bond donors (Lipinski definition) is 2. The second kappa shape index (κ2) is 6.03. The summed E-state index contributed by atoms with van der Waals surface area (Å²) in [5, 5.41) is 10.7. The molecule has 2 N–H and O–H groups in total. The molecule has 0 saturated heterocycles. The van der Waals surface area contributed by atoms with Crippen LogP contribution in [0.3, 0.4) is 0 Å². The summed E-state index contributed by atoms with van der Waals surface area (Å²) < 4.78 is 0. The Morgan fingerprint density at radius 1 is 1.18 bits per heavy atom. The van der Waals surface area contributed by atoms with E-state index in [4.69, 9.17) is 11.6 Å². The molecular weight excluding hydrogens is 298 g/mol. The molecule has 0 spiro atoms. The smallest absolute Gasteiger partial charge is 0.244 e. The summed E-state index contributed by atoms with van der Waals surface area (Å²) in [6.45, 7) is 0. The Morgan fingerprint density at radius 2 is 1.95 bits per heavy atom. The average Bonchev–Trinajstić information content (AvgIpc) is 2.94. The Hall–Kier alpha value is -2.59. The van der Waals surface area contributed by atoms with Gasteiger partial charge in [-0.2, -0.15) is 5.10 Å². The van der Waals surface area contributed by atoms with Crippen LogP contribution >= 0.6 is 11.6 Å². The number of rotatable bonds is 3. The van der Waals surface area contributed by atoms with Gasteiger partial charge >= 0.3 is 0 Å². The number of aromatic amines is 1. The third-order valence-corrected chi connectivity index (χ3v) is 3.72. The number of aromatic nitrogens is 2. The van der Waals surface area contributed by atoms with Crippen molar-refractivity contribution in [2.45, 2.75) is 0 Å². The highest BCUT2D eigenvalue weighted by Crippen LogP contribution is 2.28. The van der Waals surface area contributed by atoms with Gasteiger partial charge in [-0.3, -0.25) is 9.89 Å². The van der Waals surface area contributed by atoms with Crippen LogP contribution in [0.1, 0.15) is 11.1 Å². The molecule has 22 heavy (non-hydrogen) atoms. The fourth-order valence-corrected chi connectivity index (χ4v) is 2.50. The van der Waals surface area contributed by atoms with Gasteiger partial charge in [-0.05, 0) is 28.8 Å². The Morgan fingerprint density at radius 3 is 2.68 bits per heavy atom. The molecule has 0 fully saturated rings. The van der Waals surface area contributed by atoms with Gasteiger partial charge in [0.15, 0.2) is 5.15 Å². The third kappa shape index (κ3) is 2.73. The van der Waals surface area contributed by atoms with Crippen molar-refractivity contribution in [3.8, 4) is 0 Å². The highest BCUT2D eigenvalue weighted by Gasteiger charge is 2.10. The number of fused-ring (bicyclic) bond motifs is 1. The molecule has 1 aromatic heterocycles. The molecular formula is C17H14ClN3O. The first-order chi connectivity index (χ1) is 10.7. The molecule has 3 rings (SSSR count). The summed E-state index contributed by atoms with van der Waals surface area (Å²) in [5.74, 6) is -0.155. The van der Waals surface area contributed by atoms with Crippen molar-refractivity contribution in [3.05, 3.63) is 70.9 Å². The lowest BCUT2D eigenvalue weighted by Crippen LogP contribution is -2.15. The van der Waals surface area contributed by atoms with Gasteiger partial charge in [-0.1, -0.05) is 48.0 Å². The molecule has 1 amide bonds. The van der Waals surface area contributed by atoms with Gasteiger partial charge in [0, 0.05) is 18.5 Å². The van der Waals surface area contributed by atoms with Gasteiger partial charge in [0.05, 0.1) is 5.52 Å². The molecule has 1 heterocycles. The van der Waals surface area contributed by atoms with Crippen molar-refractivity contribution in [2.75, 3.05) is 7.05 Å². The van der Waals surface area contributed by atoms with E-state index in [1.54, 1.807) is 13.1 Å². The van der Waals surface area contributed by atoms with Crippen LogP contribution in [0.2, 0.25) is 5.15 Å². The maximum Gasteiger partial charge on any atom is 0.244 e. The first-order valence-electron chi connectivity index (χ1n) is 6.82. The topological polar surface area (TPSA) is 57.8 Å². The number of hydrogen-bond acceptors (Lipinski definition) is 2. The number of halogens is 1. The number of carbonyl (C=O) groups is 1. The van der Waals surface area contributed by atoms with E-state index in [2.05, 4.69) is 15.5 Å². The predicted molar refractivity (Wildman–Crippen MR) is 88.7 cm³/mol. The number of nitrogens with zero attached hydrogens (tertiary/aromatic N) is 1. The number of H-pyrrole nitrogens is 1. The van der Waals surface area contributed by atoms with E-state index in [0.717, 1.165) is 27.6 Å². The molecule has 0 aliphatic rings. The molecule has 3 aromatic rings. The first kappa shape index (κ1) is 14.4. The molecule has 0 atom stereocenters. The van der Waals surface area contributed by atoms with Crippen LogP contribution in [0.5, 0.6) is 0 Å². The maximum absolute atomic E-state index is 11.8. The zero-order valence-electron chi connectivity index (χ0n) is 11.9. The second-order valence-electron chi connectivity index (χ2n) is 4.81. The Labute approximate surface area is 132 Å². The number of likely N-dealkylation sites (N-methyl/N-ethyl adjacent to an activating group) is 1. The van der Waals surface area contributed by atoms with Crippen LogP contribution in [-0.4, -0.2) is 23.2 Å². The largest absolute Gasteiger partial charge is 0.356 e. The minimum atomic E-state index is -0.155. The number of carbonyl (C=O) groups excluding carboxylic acids is 1. The number of benzene rings is 2. The molecule has 2 aromatic carbocycles. The summed E-state index contributed by atoms with van der Waals surface area (Å²) >= 11 is 6.09. The first-order valence-corrected chi connectivity index (χ1v) is 7.19. The monoisotopic (exact) mass is 311 g/mol. The zero-order valence-corrected chi connectivity index (χ0v) is 12.7. The Bertz CT molecular complexity index is 853. The van der Waals surface area contributed by atoms with E-state index in [-0.39, 0.29) is 5.91 Å². The molecule has 0 aliphatic heterocycles. The summed E-state index contributed by atoms with van der Waals surface area (Å²) in [5.41, 5.74) is 3.57. The molecule has 0 saturated carbocycles. The van der Waals surface area contributed by atoms with E-state index in [1.807, 2.05) is 48.5 Å². The highest BCUT2D eigenvalue weighted by atomic mass is 35.5. The molecule has 0 radical (unpaired) electrons. The van der Waals surface area contributed by atoms with E-state index < -0.39 is 0 Å². The molecule has 110 valence electrons. The van der Waals surface area contributed by atoms with Crippen molar-refractivity contribution in [2.24, 2.45) is 0 Å². The van der Waals surface area contributed by atoms with Gasteiger partial charge in [0.1, 0.15) is 0 Å². The van der Waals surface area contributed by atoms with Crippen LogP contribution < -0.4 is 5.32 Å². The van der Waals surface area contributed by atoms with Gasteiger partial charge in [-0.15, -0.1) is 0 Å². The summed E-state index contributed by atoms with van der Waals surface area (Å²) in [4.78, 5) is 11.8. The fourth-order valence-electron chi connectivity index (χ4n) is 2.30. The minimum absolute atomic E-state index is 0.155. The van der Waals surface area contributed by atoms with Gasteiger partial charge in [-0.25, -0.2) is 0 Å². The van der Waals surface area contributed by atoms with Crippen molar-refractivity contribution >= 4 is 34.0 Å². The van der Waals surface area contributed by atoms with Crippen LogP contribution in [-0.2, 0) is 4.79 Å². The van der Waals surface area contributed by atoms with Crippen molar-refractivity contribution in [1.82, 2.24) is 15.5 Å². The lowest BCUT2D eigenvalue weighted by atomic mass is 9.96. The minimum Gasteiger partial charge on any atom is -0.356 e. The molecule has 0 bridgehead atoms. The molecule has 5 heteroatoms. The van der Waals surface area contributed by atoms with Crippen molar-refractivity contribution in [3.63, 3.8) is 0 Å². The van der Waals surface area contributed by atoms with Crippen molar-refractivity contribution in [1.29, 1.82) is 0 Å². The number of nitrogens with one attached hydrogen (secondary N) is 2. The van der Waals surface area contributed by atoms with Crippen LogP contribution in [0.25, 0.3) is 16.5 Å². The summed E-state index contributed by atoms with van der Waals surface area (Å²) in [6, 6.07) is 15.5. The SMILES string of the molecule is CNC(=O)C=C(c1ccccc1)c1ccc2[nH]nc(Cl)c2c1. The van der Waals surface area contributed by atoms with E-state index in [1.165, 1.54) is 0 Å². The quantitative estimate of drug-likeness (QED) is 0.728. The van der Waals surface area contributed by atoms with Crippen LogP contribution in [0, 0.1) is 0 Å². The van der Waals surface area contributed by atoms with Crippen LogP contribution in [0.4, 0.5) is 0 Å². The normalized spacial score (nSPS) is 11.6. The standard InChI is InChI=1S/C17H14ClN3O/c1-19-16(22)10-13(11-5-3-2-4-6-11)12-7-8-15-14(9-12)17(18)21-20-15/h2-10H,1H3,(H,19,22)(H,20,21). The lowest BCUT2D eigenvalue weighted by molar-refractivity contribution is -0.116. The third-order valence-electron chi connectivity index (χ3n) is 3.43. The predicted octanol–water partition coefficient (Wildman–Crippen LogP) is 3.39. The average molecular weight is 312 g/mol. The van der Waals surface area contributed by atoms with Gasteiger partial charge < -0.3 is 5.32 Å². The number of amides is 1. The summed E-state index contributed by atoms with van der Waals surface area (Å²) in [6.07, 6.45) is 1.59. The Kier molecular flexibility index (Phi) is 3.94. The Balaban J connectivity index is 2.17. The molecule has 0 unspecified atom stereocenters. The second-order valence-corrected chi connectivity index (χ2v) is 5.17. The van der Waals surface area contributed by atoms with Crippen molar-refractivity contribution < 1.29 is 4.79 Å². The highest BCUT2D eigenvalue weighted by molar-refractivity contribution is 6.34. The van der Waals surface area contributed by atoms with Gasteiger partial charge in [0.25, 0.3) is 0 Å². The maximum atomic E-state index is 11.8. The van der Waals surface area contributed by atoms with E-state index >= 15 is 0 Å². The van der Waals surface area contributed by atoms with E-state index in [9.17, 15) is 4.79 Å². The van der Waals surface area contributed by atoms with Gasteiger partial charge in [0.2, 0.25) is 5.91 Å². The van der Waals surface area contributed by atoms with Crippen LogP contribution in [0.15, 0.2) is 54.6 Å². The van der Waals surface area contributed by atoms with E-state index in [0.29, 0.717) is 5.15 Å². The lowest BCUT2D eigenvalue weighted by Gasteiger charge is -2.09. The summed E-state index contributed by atoms with van der Waals surface area (Å²) in [7, 11) is 1.61.